The van der Waals surface area contributed by atoms with Crippen LogP contribution in [0.3, 0.4) is 0 Å². The largest absolute Gasteiger partial charge is 0.493 e. The van der Waals surface area contributed by atoms with Crippen LogP contribution in [0.4, 0.5) is 8.78 Å². The molecule has 0 radical (unpaired) electrons. The van der Waals surface area contributed by atoms with E-state index in [-0.39, 0.29) is 11.3 Å². The fourth-order valence-electron chi connectivity index (χ4n) is 0.912. The lowest BCUT2D eigenvalue weighted by molar-refractivity contribution is 0.141. The predicted molar refractivity (Wildman–Crippen MR) is 53.2 cm³/mol. The number of halogens is 3. The molecule has 0 aromatic carbocycles. The van der Waals surface area contributed by atoms with Crippen LogP contribution in [0, 0.1) is 14.9 Å². The van der Waals surface area contributed by atoms with Gasteiger partial charge >= 0.3 is 0 Å². The molecular weight excluding hydrogens is 305 g/mol. The molecule has 0 saturated heterocycles. The van der Waals surface area contributed by atoms with Gasteiger partial charge in [-0.2, -0.15) is 5.26 Å². The quantitative estimate of drug-likeness (QED) is 0.789. The molecule has 0 aliphatic heterocycles. The number of methoxy groups -OCH3 is 1. The van der Waals surface area contributed by atoms with Crippen molar-refractivity contribution in [3.63, 3.8) is 0 Å². The van der Waals surface area contributed by atoms with Crippen molar-refractivity contribution in [2.75, 3.05) is 7.11 Å². The summed E-state index contributed by atoms with van der Waals surface area (Å²) in [6.07, 6.45) is -1.59. The van der Waals surface area contributed by atoms with Gasteiger partial charge in [0.05, 0.1) is 16.2 Å². The van der Waals surface area contributed by atoms with E-state index in [1.165, 1.54) is 7.11 Å². The SMILES string of the molecule is COc1c(C(F)F)ncc(C#N)c1I. The second-order valence-electron chi connectivity index (χ2n) is 2.32. The van der Waals surface area contributed by atoms with Crippen molar-refractivity contribution in [3.05, 3.63) is 21.0 Å². The van der Waals surface area contributed by atoms with Crippen molar-refractivity contribution in [1.29, 1.82) is 5.26 Å². The van der Waals surface area contributed by atoms with Gasteiger partial charge in [0.2, 0.25) is 0 Å². The summed E-state index contributed by atoms with van der Waals surface area (Å²) >= 11 is 1.78. The summed E-state index contributed by atoms with van der Waals surface area (Å²) in [7, 11) is 1.27. The summed E-state index contributed by atoms with van der Waals surface area (Å²) in [5.74, 6) is -0.0281. The van der Waals surface area contributed by atoms with Gasteiger partial charge in [-0.25, -0.2) is 13.8 Å². The molecule has 1 heterocycles. The van der Waals surface area contributed by atoms with Crippen LogP contribution in [0.2, 0.25) is 0 Å². The number of aromatic nitrogens is 1. The minimum Gasteiger partial charge on any atom is -0.493 e. The molecule has 1 rings (SSSR count). The van der Waals surface area contributed by atoms with Gasteiger partial charge < -0.3 is 4.74 Å². The Balaban J connectivity index is 3.38. The third-order valence-corrected chi connectivity index (χ3v) is 2.60. The van der Waals surface area contributed by atoms with E-state index in [1.54, 1.807) is 22.6 Å². The number of nitriles is 1. The molecule has 0 aliphatic rings. The van der Waals surface area contributed by atoms with Crippen molar-refractivity contribution < 1.29 is 13.5 Å². The maximum absolute atomic E-state index is 12.4. The van der Waals surface area contributed by atoms with E-state index < -0.39 is 12.1 Å². The molecule has 74 valence electrons. The molecule has 0 spiro atoms. The monoisotopic (exact) mass is 310 g/mol. The Bertz CT molecular complexity index is 390. The molecule has 0 atom stereocenters. The minimum atomic E-state index is -2.70. The highest BCUT2D eigenvalue weighted by Gasteiger charge is 2.20. The van der Waals surface area contributed by atoms with Crippen LogP contribution < -0.4 is 4.74 Å². The first-order chi connectivity index (χ1) is 6.61. The molecule has 3 nitrogen and oxygen atoms in total. The predicted octanol–water partition coefficient (Wildman–Crippen LogP) is 2.50. The summed E-state index contributed by atoms with van der Waals surface area (Å²) in [6, 6.07) is 1.84. The topological polar surface area (TPSA) is 45.9 Å². The van der Waals surface area contributed by atoms with E-state index in [0.29, 0.717) is 3.57 Å². The van der Waals surface area contributed by atoms with Crippen LogP contribution in [-0.2, 0) is 0 Å². The van der Waals surface area contributed by atoms with Gasteiger partial charge in [0.15, 0.2) is 5.75 Å². The maximum atomic E-state index is 12.4. The highest BCUT2D eigenvalue weighted by atomic mass is 127. The fourth-order valence-corrected chi connectivity index (χ4v) is 1.67. The van der Waals surface area contributed by atoms with Gasteiger partial charge in [-0.1, -0.05) is 0 Å². The number of hydrogen-bond acceptors (Lipinski definition) is 3. The zero-order valence-corrected chi connectivity index (χ0v) is 9.25. The first-order valence-electron chi connectivity index (χ1n) is 3.52. The van der Waals surface area contributed by atoms with Crippen LogP contribution in [-0.4, -0.2) is 12.1 Å². The van der Waals surface area contributed by atoms with Crippen LogP contribution in [0.5, 0.6) is 5.75 Å². The van der Waals surface area contributed by atoms with Crippen molar-refractivity contribution in [3.8, 4) is 11.8 Å². The Kier molecular flexibility index (Phi) is 3.57. The molecular formula is C8H5F2IN2O. The van der Waals surface area contributed by atoms with E-state index in [4.69, 9.17) is 10.00 Å². The Morgan fingerprint density at radius 1 is 1.64 bits per heavy atom. The lowest BCUT2D eigenvalue weighted by atomic mass is 10.2. The van der Waals surface area contributed by atoms with Gasteiger partial charge in [0, 0.05) is 6.20 Å². The standard InChI is InChI=1S/C8H5F2IN2O/c1-14-7-5(11)4(2-12)3-13-6(7)8(9)10/h3,8H,1H3. The smallest absolute Gasteiger partial charge is 0.284 e. The van der Waals surface area contributed by atoms with Gasteiger partial charge in [0.1, 0.15) is 11.8 Å². The third-order valence-electron chi connectivity index (χ3n) is 1.53. The zero-order valence-electron chi connectivity index (χ0n) is 7.09. The Hall–Kier alpha value is -0.970. The first kappa shape index (κ1) is 11.1. The van der Waals surface area contributed by atoms with Gasteiger partial charge in [0.25, 0.3) is 6.43 Å². The zero-order chi connectivity index (χ0) is 10.7. The number of hydrogen-bond donors (Lipinski definition) is 0. The first-order valence-corrected chi connectivity index (χ1v) is 4.60. The molecule has 14 heavy (non-hydrogen) atoms. The number of pyridine rings is 1. The molecule has 6 heteroatoms. The molecule has 0 fully saturated rings. The van der Waals surface area contributed by atoms with Crippen molar-refractivity contribution >= 4 is 22.6 Å². The highest BCUT2D eigenvalue weighted by Crippen LogP contribution is 2.32. The van der Waals surface area contributed by atoms with Gasteiger partial charge in [-0.3, -0.25) is 0 Å². The molecule has 0 bridgehead atoms. The van der Waals surface area contributed by atoms with Gasteiger partial charge in [-0.05, 0) is 22.6 Å². The summed E-state index contributed by atoms with van der Waals surface area (Å²) < 4.78 is 29.9. The second-order valence-corrected chi connectivity index (χ2v) is 3.40. The van der Waals surface area contributed by atoms with Crippen LogP contribution in [0.15, 0.2) is 6.20 Å². The number of alkyl halides is 2. The van der Waals surface area contributed by atoms with Crippen LogP contribution >= 0.6 is 22.6 Å². The van der Waals surface area contributed by atoms with E-state index in [1.807, 2.05) is 6.07 Å². The van der Waals surface area contributed by atoms with Crippen molar-refractivity contribution in [1.82, 2.24) is 4.98 Å². The number of ether oxygens (including phenoxy) is 1. The summed E-state index contributed by atoms with van der Waals surface area (Å²) in [4.78, 5) is 3.48. The molecule has 0 saturated carbocycles. The lowest BCUT2D eigenvalue weighted by Crippen LogP contribution is -2.00. The Morgan fingerprint density at radius 2 is 2.29 bits per heavy atom. The number of rotatable bonds is 2. The van der Waals surface area contributed by atoms with Crippen molar-refractivity contribution in [2.45, 2.75) is 6.43 Å². The van der Waals surface area contributed by atoms with Crippen molar-refractivity contribution in [2.24, 2.45) is 0 Å². The third kappa shape index (κ3) is 1.92. The maximum Gasteiger partial charge on any atom is 0.284 e. The highest BCUT2D eigenvalue weighted by molar-refractivity contribution is 14.1. The average molecular weight is 310 g/mol. The molecule has 0 aliphatic carbocycles. The van der Waals surface area contributed by atoms with Crippen LogP contribution in [0.25, 0.3) is 0 Å². The summed E-state index contributed by atoms with van der Waals surface area (Å²) in [5.41, 5.74) is -0.206. The van der Waals surface area contributed by atoms with Gasteiger partial charge in [-0.15, -0.1) is 0 Å². The molecule has 0 N–H and O–H groups in total. The van der Waals surface area contributed by atoms with E-state index in [2.05, 4.69) is 4.98 Å². The molecule has 1 aromatic heterocycles. The van der Waals surface area contributed by atoms with E-state index in [9.17, 15) is 8.78 Å². The van der Waals surface area contributed by atoms with Crippen LogP contribution in [0.1, 0.15) is 17.7 Å². The summed E-state index contributed by atoms with van der Waals surface area (Å²) in [6.45, 7) is 0. The fraction of sp³-hybridized carbons (Fsp3) is 0.250. The second kappa shape index (κ2) is 4.50. The van der Waals surface area contributed by atoms with E-state index in [0.717, 1.165) is 6.20 Å². The lowest BCUT2D eigenvalue weighted by Gasteiger charge is -2.09. The minimum absolute atomic E-state index is 0.0281. The molecule has 0 unspecified atom stereocenters. The molecule has 1 aromatic rings. The Labute approximate surface area is 92.8 Å². The number of nitrogens with zero attached hydrogens (tertiary/aromatic N) is 2. The normalized spacial score (nSPS) is 10.0. The summed E-state index contributed by atoms with van der Waals surface area (Å²) in [5, 5.41) is 8.63. The average Bonchev–Trinajstić information content (AvgIpc) is 2.17. The Morgan fingerprint density at radius 3 is 2.71 bits per heavy atom. The van der Waals surface area contributed by atoms with E-state index >= 15 is 0 Å². The molecule has 0 amide bonds.